The summed E-state index contributed by atoms with van der Waals surface area (Å²) in [6.07, 6.45) is 6.06. The molecule has 2 bridgehead atoms. The Balaban J connectivity index is 1.33. The van der Waals surface area contributed by atoms with Gasteiger partial charge in [-0.2, -0.15) is 5.10 Å². The van der Waals surface area contributed by atoms with E-state index >= 15 is 0 Å². The molecule has 0 aromatic carbocycles. The monoisotopic (exact) mass is 399 g/mol. The maximum atomic E-state index is 12.3. The van der Waals surface area contributed by atoms with Crippen molar-refractivity contribution in [1.82, 2.24) is 14.7 Å². The number of aliphatic hydroxyl groups is 1. The molecule has 0 radical (unpaired) electrons. The Bertz CT molecular complexity index is 931. The van der Waals surface area contributed by atoms with Crippen LogP contribution in [0.4, 0.5) is 0 Å². The molecule has 2 aromatic heterocycles. The lowest BCUT2D eigenvalue weighted by atomic mass is 9.85. The van der Waals surface area contributed by atoms with E-state index < -0.39 is 5.60 Å². The van der Waals surface area contributed by atoms with Crippen LogP contribution in [0.2, 0.25) is 0 Å². The van der Waals surface area contributed by atoms with Gasteiger partial charge in [0.25, 0.3) is 5.56 Å². The van der Waals surface area contributed by atoms with E-state index in [1.807, 2.05) is 17.4 Å². The zero-order chi connectivity index (χ0) is 19.5. The van der Waals surface area contributed by atoms with Gasteiger partial charge in [-0.25, -0.2) is 4.68 Å². The summed E-state index contributed by atoms with van der Waals surface area (Å²) in [5.41, 5.74) is 1.50. The first-order valence-electron chi connectivity index (χ1n) is 10.5. The summed E-state index contributed by atoms with van der Waals surface area (Å²) in [5, 5.41) is 16.0. The first-order chi connectivity index (χ1) is 13.4. The summed E-state index contributed by atoms with van der Waals surface area (Å²) < 4.78 is 1.52. The van der Waals surface area contributed by atoms with Crippen molar-refractivity contribution in [3.05, 3.63) is 49.6 Å². The van der Waals surface area contributed by atoms with Crippen LogP contribution >= 0.6 is 11.3 Å². The molecule has 2 aliphatic heterocycles. The van der Waals surface area contributed by atoms with Crippen LogP contribution in [0, 0.1) is 13.8 Å². The second-order valence-corrected chi connectivity index (χ2v) is 10.6. The van der Waals surface area contributed by atoms with Gasteiger partial charge < -0.3 is 5.11 Å². The molecule has 2 aromatic rings. The minimum absolute atomic E-state index is 0.100. The molecule has 6 heteroatoms. The smallest absolute Gasteiger partial charge is 0.266 e. The number of fused-ring (bicyclic) bond motifs is 2. The van der Waals surface area contributed by atoms with E-state index in [-0.39, 0.29) is 5.56 Å². The molecule has 2 unspecified atom stereocenters. The second kappa shape index (κ2) is 6.78. The molecule has 2 atom stereocenters. The van der Waals surface area contributed by atoms with E-state index in [0.29, 0.717) is 24.5 Å². The van der Waals surface area contributed by atoms with Crippen molar-refractivity contribution in [1.29, 1.82) is 0 Å². The average molecular weight is 400 g/mol. The molecule has 0 amide bonds. The topological polar surface area (TPSA) is 58.4 Å². The molecule has 1 N–H and O–H groups in total. The molecular weight excluding hydrogens is 370 g/mol. The fraction of sp³-hybridized carbons (Fsp3) is 0.636. The predicted octanol–water partition coefficient (Wildman–Crippen LogP) is 3.36. The van der Waals surface area contributed by atoms with Crippen LogP contribution in [0.5, 0.6) is 0 Å². The lowest BCUT2D eigenvalue weighted by molar-refractivity contribution is -0.0678. The van der Waals surface area contributed by atoms with Gasteiger partial charge in [-0.05, 0) is 70.1 Å². The summed E-state index contributed by atoms with van der Waals surface area (Å²) in [6, 6.07) is 6.58. The van der Waals surface area contributed by atoms with Crippen LogP contribution in [-0.2, 0) is 13.1 Å². The lowest BCUT2D eigenvalue weighted by Gasteiger charge is -2.43. The van der Waals surface area contributed by atoms with E-state index in [1.165, 1.54) is 20.0 Å². The van der Waals surface area contributed by atoms with Crippen molar-refractivity contribution >= 4 is 11.3 Å². The van der Waals surface area contributed by atoms with Crippen molar-refractivity contribution in [3.8, 4) is 0 Å². The number of aromatic nitrogens is 2. The third-order valence-electron chi connectivity index (χ3n) is 6.83. The molecule has 1 saturated carbocycles. The van der Waals surface area contributed by atoms with Crippen LogP contribution in [-0.4, -0.2) is 37.5 Å². The van der Waals surface area contributed by atoms with Gasteiger partial charge in [-0.1, -0.05) is 0 Å². The van der Waals surface area contributed by atoms with Gasteiger partial charge in [-0.15, -0.1) is 11.3 Å². The van der Waals surface area contributed by atoms with E-state index in [1.54, 1.807) is 6.07 Å². The SMILES string of the molecule is Cc1cc(CN2C3CCC2CC(O)(Cn2nc(C4CC4)ccc2=O)C3)c(C)s1. The molecule has 3 aliphatic rings. The quantitative estimate of drug-likeness (QED) is 0.838. The summed E-state index contributed by atoms with van der Waals surface area (Å²) in [6.45, 7) is 5.69. The standard InChI is InChI=1S/C22H29N3O2S/c1-14-9-17(15(2)28-14)12-24-18-5-6-19(24)11-22(27,10-18)13-25-21(26)8-7-20(23-25)16-3-4-16/h7-9,16,18-19,27H,3-6,10-13H2,1-2H3. The van der Waals surface area contributed by atoms with E-state index in [9.17, 15) is 9.90 Å². The molecular formula is C22H29N3O2S. The number of rotatable bonds is 5. The van der Waals surface area contributed by atoms with Gasteiger partial charge in [0, 0.05) is 40.4 Å². The van der Waals surface area contributed by atoms with Gasteiger partial charge in [0.15, 0.2) is 0 Å². The highest BCUT2D eigenvalue weighted by Crippen LogP contribution is 2.43. The summed E-state index contributed by atoms with van der Waals surface area (Å²) in [5.74, 6) is 0.511. The van der Waals surface area contributed by atoms with Gasteiger partial charge in [-0.3, -0.25) is 9.69 Å². The van der Waals surface area contributed by atoms with Crippen LogP contribution < -0.4 is 5.56 Å². The Labute approximate surface area is 170 Å². The fourth-order valence-corrected chi connectivity index (χ4v) is 6.23. The van der Waals surface area contributed by atoms with Crippen molar-refractivity contribution in [2.45, 2.75) is 89.1 Å². The zero-order valence-electron chi connectivity index (χ0n) is 16.7. The molecule has 1 aliphatic carbocycles. The van der Waals surface area contributed by atoms with Gasteiger partial charge >= 0.3 is 0 Å². The van der Waals surface area contributed by atoms with Crippen LogP contribution in [0.1, 0.15) is 65.5 Å². The normalized spacial score (nSPS) is 30.1. The number of hydrogen-bond donors (Lipinski definition) is 1. The highest BCUT2D eigenvalue weighted by molar-refractivity contribution is 7.12. The maximum absolute atomic E-state index is 12.3. The largest absolute Gasteiger partial charge is 0.388 e. The highest BCUT2D eigenvalue weighted by atomic mass is 32.1. The van der Waals surface area contributed by atoms with Crippen molar-refractivity contribution < 1.29 is 5.11 Å². The number of aryl methyl sites for hydroxylation is 2. The van der Waals surface area contributed by atoms with Gasteiger partial charge in [0.2, 0.25) is 0 Å². The minimum Gasteiger partial charge on any atom is -0.388 e. The molecule has 150 valence electrons. The Kier molecular flexibility index (Phi) is 4.49. The molecule has 28 heavy (non-hydrogen) atoms. The highest BCUT2D eigenvalue weighted by Gasteiger charge is 2.48. The van der Waals surface area contributed by atoms with Gasteiger partial charge in [0.1, 0.15) is 0 Å². The van der Waals surface area contributed by atoms with Crippen LogP contribution in [0.25, 0.3) is 0 Å². The number of thiophene rings is 1. The Morgan fingerprint density at radius 3 is 2.50 bits per heavy atom. The fourth-order valence-electron chi connectivity index (χ4n) is 5.29. The number of piperidine rings is 1. The van der Waals surface area contributed by atoms with Crippen LogP contribution in [0.15, 0.2) is 23.0 Å². The Morgan fingerprint density at radius 2 is 1.89 bits per heavy atom. The summed E-state index contributed by atoms with van der Waals surface area (Å²) >= 11 is 1.87. The minimum atomic E-state index is -0.832. The molecule has 5 rings (SSSR count). The molecule has 4 heterocycles. The predicted molar refractivity (Wildman–Crippen MR) is 111 cm³/mol. The van der Waals surface area contributed by atoms with E-state index in [4.69, 9.17) is 0 Å². The summed E-state index contributed by atoms with van der Waals surface area (Å²) in [4.78, 5) is 17.7. The Morgan fingerprint density at radius 1 is 1.18 bits per heavy atom. The molecule has 2 saturated heterocycles. The molecule has 0 spiro atoms. The Hall–Kier alpha value is -1.50. The van der Waals surface area contributed by atoms with Crippen molar-refractivity contribution in [2.24, 2.45) is 0 Å². The van der Waals surface area contributed by atoms with Crippen molar-refractivity contribution in [2.75, 3.05) is 0 Å². The first-order valence-corrected chi connectivity index (χ1v) is 11.3. The van der Waals surface area contributed by atoms with Crippen molar-refractivity contribution in [3.63, 3.8) is 0 Å². The average Bonchev–Trinajstić information content (AvgIpc) is 3.38. The third-order valence-corrected chi connectivity index (χ3v) is 7.83. The van der Waals surface area contributed by atoms with Crippen LogP contribution in [0.3, 0.4) is 0 Å². The summed E-state index contributed by atoms with van der Waals surface area (Å²) in [7, 11) is 0. The number of nitrogens with zero attached hydrogens (tertiary/aromatic N) is 3. The van der Waals surface area contributed by atoms with E-state index in [0.717, 1.165) is 50.8 Å². The molecule has 3 fully saturated rings. The van der Waals surface area contributed by atoms with Gasteiger partial charge in [0.05, 0.1) is 17.8 Å². The lowest BCUT2D eigenvalue weighted by Crippen LogP contribution is -2.53. The zero-order valence-corrected chi connectivity index (χ0v) is 17.5. The number of hydrogen-bond acceptors (Lipinski definition) is 5. The third kappa shape index (κ3) is 3.46. The van der Waals surface area contributed by atoms with E-state index in [2.05, 4.69) is 29.9 Å². The maximum Gasteiger partial charge on any atom is 0.266 e. The second-order valence-electron chi connectivity index (χ2n) is 9.16. The first kappa shape index (κ1) is 18.5. The molecule has 5 nitrogen and oxygen atoms in total.